The van der Waals surface area contributed by atoms with Crippen molar-refractivity contribution >= 4 is 53.7 Å². The minimum absolute atomic E-state index is 0.159. The molecular formula is C26H23Br2N5O3S. The fourth-order valence-electron chi connectivity index (χ4n) is 3.92. The highest BCUT2D eigenvalue weighted by Crippen LogP contribution is 2.33. The maximum absolute atomic E-state index is 12.6. The van der Waals surface area contributed by atoms with E-state index in [9.17, 15) is 4.21 Å². The summed E-state index contributed by atoms with van der Waals surface area (Å²) in [6, 6.07) is 21.7. The van der Waals surface area contributed by atoms with Crippen LogP contribution in [0.15, 0.2) is 87.3 Å². The van der Waals surface area contributed by atoms with E-state index >= 15 is 0 Å². The quantitative estimate of drug-likeness (QED) is 0.188. The molecule has 11 heteroatoms. The van der Waals surface area contributed by atoms with Gasteiger partial charge in [-0.25, -0.2) is 9.97 Å². The van der Waals surface area contributed by atoms with Gasteiger partial charge in [0.25, 0.3) is 0 Å². The first-order valence-electron chi connectivity index (χ1n) is 11.4. The van der Waals surface area contributed by atoms with Gasteiger partial charge in [-0.05, 0) is 49.1 Å². The zero-order valence-electron chi connectivity index (χ0n) is 19.9. The van der Waals surface area contributed by atoms with Crippen molar-refractivity contribution in [3.63, 3.8) is 0 Å². The first-order chi connectivity index (χ1) is 18.0. The molecule has 0 bridgehead atoms. The summed E-state index contributed by atoms with van der Waals surface area (Å²) in [5.74, 6) is 0.579. The molecule has 0 aliphatic rings. The van der Waals surface area contributed by atoms with Crippen LogP contribution in [0.25, 0.3) is 22.6 Å². The molecule has 0 aliphatic heterocycles. The van der Waals surface area contributed by atoms with Gasteiger partial charge in [0.15, 0.2) is 5.82 Å². The van der Waals surface area contributed by atoms with E-state index in [4.69, 9.17) is 14.5 Å². The summed E-state index contributed by atoms with van der Waals surface area (Å²) >= 11 is 7.14. The van der Waals surface area contributed by atoms with Gasteiger partial charge < -0.3 is 9.47 Å². The van der Waals surface area contributed by atoms with E-state index in [1.807, 2.05) is 69.8 Å². The zero-order chi connectivity index (χ0) is 25.8. The molecule has 3 heterocycles. The van der Waals surface area contributed by atoms with Crippen molar-refractivity contribution in [2.45, 2.75) is 31.8 Å². The third-order valence-electron chi connectivity index (χ3n) is 5.62. The van der Waals surface area contributed by atoms with Gasteiger partial charge >= 0.3 is 0 Å². The van der Waals surface area contributed by atoms with E-state index in [1.54, 1.807) is 18.5 Å². The maximum Gasteiger partial charge on any atom is 0.201 e. The molecule has 190 valence electrons. The van der Waals surface area contributed by atoms with Crippen LogP contribution >= 0.6 is 31.9 Å². The lowest BCUT2D eigenvalue weighted by molar-refractivity contribution is 0.0610. The van der Waals surface area contributed by atoms with Crippen LogP contribution in [0.1, 0.15) is 11.1 Å². The smallest absolute Gasteiger partial charge is 0.201 e. The number of fused-ring (bicyclic) bond motifs is 1. The predicted molar refractivity (Wildman–Crippen MR) is 149 cm³/mol. The summed E-state index contributed by atoms with van der Waals surface area (Å²) in [7, 11) is -1.34. The Balaban J connectivity index is 1.50. The summed E-state index contributed by atoms with van der Waals surface area (Å²) in [6.07, 6.45) is 3.28. The lowest BCUT2D eigenvalue weighted by Crippen LogP contribution is -2.10. The minimum atomic E-state index is -1.34. The van der Waals surface area contributed by atoms with Crippen LogP contribution in [-0.2, 0) is 46.9 Å². The molecule has 8 nitrogen and oxygen atoms in total. The first kappa shape index (κ1) is 25.9. The van der Waals surface area contributed by atoms with Crippen molar-refractivity contribution in [2.75, 3.05) is 6.26 Å². The highest BCUT2D eigenvalue weighted by molar-refractivity contribution is 9.13. The van der Waals surface area contributed by atoms with Crippen molar-refractivity contribution in [3.05, 3.63) is 93.3 Å². The third kappa shape index (κ3) is 5.75. The number of imidazole rings is 2. The summed E-state index contributed by atoms with van der Waals surface area (Å²) in [5.41, 5.74) is 4.05. The van der Waals surface area contributed by atoms with Crippen molar-refractivity contribution < 1.29 is 13.7 Å². The van der Waals surface area contributed by atoms with E-state index in [0.29, 0.717) is 45.5 Å². The molecule has 37 heavy (non-hydrogen) atoms. The fourth-order valence-corrected chi connectivity index (χ4v) is 5.34. The molecule has 1 atom stereocenters. The number of benzene rings is 2. The summed E-state index contributed by atoms with van der Waals surface area (Å²) in [4.78, 5) is 14.0. The Morgan fingerprint density at radius 2 is 1.43 bits per heavy atom. The fraction of sp³-hybridized carbons (Fsp3) is 0.192. The van der Waals surface area contributed by atoms with Crippen LogP contribution in [0.5, 0.6) is 0 Å². The monoisotopic (exact) mass is 643 g/mol. The summed E-state index contributed by atoms with van der Waals surface area (Å²) in [5, 5.41) is 0.411. The molecule has 5 aromatic rings. The Kier molecular flexibility index (Phi) is 8.26. The van der Waals surface area contributed by atoms with Gasteiger partial charge in [0, 0.05) is 12.5 Å². The number of rotatable bonds is 10. The Bertz CT molecular complexity index is 1540. The van der Waals surface area contributed by atoms with Crippen LogP contribution in [0.3, 0.4) is 0 Å². The first-order valence-corrected chi connectivity index (χ1v) is 14.5. The number of nitrogens with zero attached hydrogens (tertiary/aromatic N) is 5. The zero-order valence-corrected chi connectivity index (χ0v) is 23.9. The number of pyridine rings is 1. The number of halogens is 2. The molecule has 1 unspecified atom stereocenters. The van der Waals surface area contributed by atoms with Crippen molar-refractivity contribution in [1.82, 2.24) is 24.1 Å². The van der Waals surface area contributed by atoms with Gasteiger partial charge in [-0.2, -0.15) is 0 Å². The number of ether oxygens (including phenoxy) is 2. The molecule has 0 saturated carbocycles. The molecule has 5 rings (SSSR count). The van der Waals surface area contributed by atoms with Crippen LogP contribution in [0.2, 0.25) is 0 Å². The molecule has 0 aliphatic carbocycles. The Morgan fingerprint density at radius 1 is 0.838 bits per heavy atom. The third-order valence-corrected chi connectivity index (χ3v) is 8.33. The highest BCUT2D eigenvalue weighted by atomic mass is 79.9. The standard InChI is InChI=1S/C26H23Br2N5O3S/c1-37(34)26-30-20-12-13-29-21(22(20)32(26)16-35-14-18-8-4-2-5-9-18)25-31-23(27)24(28)33(25)17-36-15-19-10-6-3-7-11-19/h2-13H,14-17H2,1H3. The summed E-state index contributed by atoms with van der Waals surface area (Å²) < 4.78 is 29.7. The van der Waals surface area contributed by atoms with Crippen molar-refractivity contribution in [2.24, 2.45) is 0 Å². The summed E-state index contributed by atoms with van der Waals surface area (Å²) in [6.45, 7) is 1.26. The lowest BCUT2D eigenvalue weighted by atomic mass is 10.2. The van der Waals surface area contributed by atoms with Crippen LogP contribution in [-0.4, -0.2) is 34.6 Å². The molecule has 0 radical (unpaired) electrons. The average molecular weight is 645 g/mol. The van der Waals surface area contributed by atoms with Gasteiger partial charge in [0.1, 0.15) is 33.9 Å². The van der Waals surface area contributed by atoms with E-state index in [1.165, 1.54) is 0 Å². The Labute approximate surface area is 233 Å². The van der Waals surface area contributed by atoms with Gasteiger partial charge in [0.05, 0.1) is 29.5 Å². The molecule has 0 N–H and O–H groups in total. The molecule has 3 aromatic heterocycles. The molecule has 0 fully saturated rings. The van der Waals surface area contributed by atoms with E-state index in [0.717, 1.165) is 15.7 Å². The number of hydrogen-bond acceptors (Lipinski definition) is 6. The lowest BCUT2D eigenvalue weighted by Gasteiger charge is -2.13. The number of aromatic nitrogens is 5. The Morgan fingerprint density at radius 3 is 2.03 bits per heavy atom. The van der Waals surface area contributed by atoms with Crippen molar-refractivity contribution in [3.8, 4) is 11.5 Å². The topological polar surface area (TPSA) is 84.1 Å². The highest BCUT2D eigenvalue weighted by Gasteiger charge is 2.23. The van der Waals surface area contributed by atoms with E-state index in [-0.39, 0.29) is 13.5 Å². The van der Waals surface area contributed by atoms with Crippen LogP contribution in [0, 0.1) is 0 Å². The molecule has 0 saturated heterocycles. The largest absolute Gasteiger partial charge is 0.356 e. The molecular weight excluding hydrogens is 622 g/mol. The van der Waals surface area contributed by atoms with Crippen LogP contribution < -0.4 is 0 Å². The molecule has 0 amide bonds. The van der Waals surface area contributed by atoms with Crippen LogP contribution in [0.4, 0.5) is 0 Å². The second-order valence-electron chi connectivity index (χ2n) is 8.18. The van der Waals surface area contributed by atoms with Gasteiger partial charge in [-0.15, -0.1) is 0 Å². The SMILES string of the molecule is CS(=O)c1nc2ccnc(-c3nc(Br)c(Br)n3COCc3ccccc3)c2n1COCc1ccccc1. The predicted octanol–water partition coefficient (Wildman–Crippen LogP) is 5.91. The molecule has 0 spiro atoms. The normalized spacial score (nSPS) is 12.3. The van der Waals surface area contributed by atoms with E-state index < -0.39 is 10.8 Å². The second-order valence-corrected chi connectivity index (χ2v) is 11.0. The van der Waals surface area contributed by atoms with Gasteiger partial charge in [-0.1, -0.05) is 60.7 Å². The maximum atomic E-state index is 12.6. The average Bonchev–Trinajstić information content (AvgIpc) is 3.43. The minimum Gasteiger partial charge on any atom is -0.356 e. The van der Waals surface area contributed by atoms with Crippen molar-refractivity contribution in [1.29, 1.82) is 0 Å². The number of hydrogen-bond donors (Lipinski definition) is 0. The van der Waals surface area contributed by atoms with Gasteiger partial charge in [-0.3, -0.25) is 18.3 Å². The van der Waals surface area contributed by atoms with Gasteiger partial charge in [0.2, 0.25) is 5.16 Å². The molecule has 2 aromatic carbocycles. The Hall–Kier alpha value is -2.70. The van der Waals surface area contributed by atoms with E-state index in [2.05, 4.69) is 41.8 Å². The second kappa shape index (κ2) is 11.8.